The Morgan fingerprint density at radius 3 is 2.81 bits per heavy atom. The van der Waals surface area contributed by atoms with E-state index in [1.807, 2.05) is 0 Å². The summed E-state index contributed by atoms with van der Waals surface area (Å²) in [5.41, 5.74) is 0.769. The van der Waals surface area contributed by atoms with Crippen LogP contribution in [0.25, 0.3) is 0 Å². The van der Waals surface area contributed by atoms with E-state index in [1.165, 1.54) is 11.0 Å². The second-order valence-electron chi connectivity index (χ2n) is 7.20. The van der Waals surface area contributed by atoms with Crippen LogP contribution in [-0.2, 0) is 6.61 Å². The van der Waals surface area contributed by atoms with E-state index in [9.17, 15) is 18.0 Å². The molecule has 7 nitrogen and oxygen atoms in total. The smallest absolute Gasteiger partial charge is 0.410 e. The highest BCUT2D eigenvalue weighted by Gasteiger charge is 2.46. The summed E-state index contributed by atoms with van der Waals surface area (Å²) in [5, 5.41) is 8.30. The molecule has 31 heavy (non-hydrogen) atoms. The van der Waals surface area contributed by atoms with E-state index in [0.29, 0.717) is 27.8 Å². The molecule has 0 spiro atoms. The van der Waals surface area contributed by atoms with Crippen molar-refractivity contribution in [1.82, 2.24) is 14.9 Å². The number of carbonyl (C=O) groups is 1. The molecule has 1 aliphatic heterocycles. The molecule has 1 aliphatic rings. The normalized spacial score (nSPS) is 16.3. The topological polar surface area (TPSA) is 73.4 Å². The van der Waals surface area contributed by atoms with Gasteiger partial charge in [-0.3, -0.25) is 9.69 Å². The molecule has 1 aromatic carbocycles. The van der Waals surface area contributed by atoms with Gasteiger partial charge < -0.3 is 9.26 Å². The fraction of sp³-hybridized carbons (Fsp3) is 0.350. The molecule has 0 radical (unpaired) electrons. The van der Waals surface area contributed by atoms with Gasteiger partial charge in [-0.05, 0) is 38.5 Å². The van der Waals surface area contributed by atoms with E-state index in [2.05, 4.69) is 10.3 Å². The molecule has 11 heteroatoms. The molecule has 0 aliphatic carbocycles. The zero-order valence-electron chi connectivity index (χ0n) is 16.6. The third-order valence-corrected chi connectivity index (χ3v) is 5.26. The standard InChI is InChI=1S/C20H18ClF3N4O3/c1-11-8-17-27(7-6-16(20(22,23)24)28(17)25-11)19(29)18-15(12(2)31-26-18)10-30-14-5-3-4-13(21)9-14/h3-5,8-9,16H,6-7,10H2,1-2H3. The van der Waals surface area contributed by atoms with Crippen molar-refractivity contribution in [2.24, 2.45) is 0 Å². The van der Waals surface area contributed by atoms with Crippen molar-refractivity contribution < 1.29 is 27.2 Å². The summed E-state index contributed by atoms with van der Waals surface area (Å²) in [6.07, 6.45) is -4.78. The van der Waals surface area contributed by atoms with E-state index in [-0.39, 0.29) is 31.1 Å². The van der Waals surface area contributed by atoms with E-state index in [0.717, 1.165) is 4.68 Å². The summed E-state index contributed by atoms with van der Waals surface area (Å²) < 4.78 is 52.0. The molecule has 1 atom stereocenters. The number of hydrogen-bond acceptors (Lipinski definition) is 5. The maximum atomic E-state index is 13.4. The molecule has 0 saturated carbocycles. The molecule has 4 rings (SSSR count). The van der Waals surface area contributed by atoms with Gasteiger partial charge in [0.2, 0.25) is 0 Å². The van der Waals surface area contributed by atoms with Crippen LogP contribution in [0.5, 0.6) is 5.75 Å². The average Bonchev–Trinajstić information content (AvgIpc) is 3.26. The Labute approximate surface area is 180 Å². The van der Waals surface area contributed by atoms with Gasteiger partial charge in [-0.25, -0.2) is 4.68 Å². The van der Waals surface area contributed by atoms with Gasteiger partial charge in [0.1, 0.15) is 23.9 Å². The second-order valence-corrected chi connectivity index (χ2v) is 7.64. The summed E-state index contributed by atoms with van der Waals surface area (Å²) in [4.78, 5) is 14.5. The quantitative estimate of drug-likeness (QED) is 0.562. The van der Waals surface area contributed by atoms with Gasteiger partial charge in [0.05, 0.1) is 11.3 Å². The van der Waals surface area contributed by atoms with E-state index in [1.54, 1.807) is 38.1 Å². The maximum absolute atomic E-state index is 13.4. The monoisotopic (exact) mass is 454 g/mol. The Hall–Kier alpha value is -3.01. The molecule has 1 amide bonds. The first-order chi connectivity index (χ1) is 14.6. The van der Waals surface area contributed by atoms with Crippen molar-refractivity contribution in [1.29, 1.82) is 0 Å². The molecular weight excluding hydrogens is 437 g/mol. The summed E-state index contributed by atoms with van der Waals surface area (Å²) in [7, 11) is 0. The van der Waals surface area contributed by atoms with Crippen LogP contribution >= 0.6 is 11.6 Å². The molecule has 3 heterocycles. The van der Waals surface area contributed by atoms with Crippen LogP contribution in [0.1, 0.15) is 40.0 Å². The summed E-state index contributed by atoms with van der Waals surface area (Å²) in [6.45, 7) is 3.05. The number of carbonyl (C=O) groups excluding carboxylic acids is 1. The van der Waals surface area contributed by atoms with Gasteiger partial charge in [-0.15, -0.1) is 0 Å². The minimum Gasteiger partial charge on any atom is -0.489 e. The molecule has 2 aromatic heterocycles. The number of anilines is 1. The zero-order chi connectivity index (χ0) is 22.3. The van der Waals surface area contributed by atoms with E-state index < -0.39 is 18.1 Å². The van der Waals surface area contributed by atoms with Gasteiger partial charge in [0.15, 0.2) is 11.7 Å². The second kappa shape index (κ2) is 7.92. The first kappa shape index (κ1) is 21.2. The largest absolute Gasteiger partial charge is 0.489 e. The summed E-state index contributed by atoms with van der Waals surface area (Å²) in [5.74, 6) is 0.355. The van der Waals surface area contributed by atoms with E-state index >= 15 is 0 Å². The van der Waals surface area contributed by atoms with Crippen LogP contribution in [0.15, 0.2) is 34.9 Å². The molecule has 164 valence electrons. The Morgan fingerprint density at radius 2 is 2.10 bits per heavy atom. The number of aromatic nitrogens is 3. The number of alkyl halides is 3. The molecule has 1 unspecified atom stereocenters. The van der Waals surface area contributed by atoms with Crippen LogP contribution in [0.3, 0.4) is 0 Å². The SMILES string of the molecule is Cc1cc2n(n1)C(C(F)(F)F)CCN2C(=O)c1noc(C)c1COc1cccc(Cl)c1. The molecule has 0 bridgehead atoms. The summed E-state index contributed by atoms with van der Waals surface area (Å²) >= 11 is 5.95. The minimum atomic E-state index is -4.47. The number of amides is 1. The minimum absolute atomic E-state index is 0.0182. The van der Waals surface area contributed by atoms with Gasteiger partial charge in [-0.2, -0.15) is 18.3 Å². The molecule has 0 fully saturated rings. The number of halogens is 4. The number of ether oxygens (including phenoxy) is 1. The predicted molar refractivity (Wildman–Crippen MR) is 105 cm³/mol. The van der Waals surface area contributed by atoms with Crippen molar-refractivity contribution in [3.63, 3.8) is 0 Å². The summed E-state index contributed by atoms with van der Waals surface area (Å²) in [6, 6.07) is 6.41. The highest BCUT2D eigenvalue weighted by Crippen LogP contribution is 2.40. The Balaban J connectivity index is 1.61. The van der Waals surface area contributed by atoms with Crippen LogP contribution in [0.2, 0.25) is 5.02 Å². The lowest BCUT2D eigenvalue weighted by molar-refractivity contribution is -0.172. The fourth-order valence-corrected chi connectivity index (χ4v) is 3.68. The van der Waals surface area contributed by atoms with Crippen LogP contribution in [0.4, 0.5) is 19.0 Å². The number of nitrogens with zero attached hydrogens (tertiary/aromatic N) is 4. The molecule has 3 aromatic rings. The van der Waals surface area contributed by atoms with Crippen molar-refractivity contribution in [2.75, 3.05) is 11.4 Å². The van der Waals surface area contributed by atoms with Crippen LogP contribution in [-0.4, -0.2) is 33.6 Å². The van der Waals surface area contributed by atoms with Gasteiger partial charge in [-0.1, -0.05) is 22.8 Å². The number of rotatable bonds is 4. The van der Waals surface area contributed by atoms with Crippen molar-refractivity contribution in [3.8, 4) is 5.75 Å². The third-order valence-electron chi connectivity index (χ3n) is 5.03. The Bertz CT molecular complexity index is 1130. The Kier molecular flexibility index (Phi) is 5.42. The Morgan fingerprint density at radius 1 is 1.32 bits per heavy atom. The van der Waals surface area contributed by atoms with Crippen molar-refractivity contribution >= 4 is 23.3 Å². The number of aryl methyl sites for hydroxylation is 2. The average molecular weight is 455 g/mol. The molecule has 0 N–H and O–H groups in total. The highest BCUT2D eigenvalue weighted by molar-refractivity contribution is 6.30. The number of fused-ring (bicyclic) bond motifs is 1. The lowest BCUT2D eigenvalue weighted by Gasteiger charge is -2.33. The molecular formula is C20H18ClF3N4O3. The predicted octanol–water partition coefficient (Wildman–Crippen LogP) is 4.87. The van der Waals surface area contributed by atoms with Crippen molar-refractivity contribution in [3.05, 3.63) is 58.1 Å². The lowest BCUT2D eigenvalue weighted by atomic mass is 10.1. The third kappa shape index (κ3) is 4.12. The maximum Gasteiger partial charge on any atom is 0.410 e. The lowest BCUT2D eigenvalue weighted by Crippen LogP contribution is -2.43. The number of hydrogen-bond donors (Lipinski definition) is 0. The fourth-order valence-electron chi connectivity index (χ4n) is 3.50. The molecule has 0 saturated heterocycles. The van der Waals surface area contributed by atoms with Gasteiger partial charge in [0.25, 0.3) is 5.91 Å². The van der Waals surface area contributed by atoms with Crippen LogP contribution in [0, 0.1) is 13.8 Å². The highest BCUT2D eigenvalue weighted by atomic mass is 35.5. The van der Waals surface area contributed by atoms with Crippen LogP contribution < -0.4 is 9.64 Å². The first-order valence-electron chi connectivity index (χ1n) is 9.43. The van der Waals surface area contributed by atoms with Gasteiger partial charge >= 0.3 is 6.18 Å². The van der Waals surface area contributed by atoms with E-state index in [4.69, 9.17) is 20.9 Å². The number of benzene rings is 1. The van der Waals surface area contributed by atoms with Crippen molar-refractivity contribution in [2.45, 2.75) is 39.1 Å². The first-order valence-corrected chi connectivity index (χ1v) is 9.81. The van der Waals surface area contributed by atoms with Gasteiger partial charge in [0, 0.05) is 17.6 Å². The zero-order valence-corrected chi connectivity index (χ0v) is 17.4.